The van der Waals surface area contributed by atoms with Crippen LogP contribution in [0.2, 0.25) is 0 Å². The number of aliphatic imine (C=N–C) groups is 1. The Kier molecular flexibility index (Phi) is 7.25. The number of hydrogen-bond acceptors (Lipinski definition) is 3. The first-order valence-corrected chi connectivity index (χ1v) is 10.0. The van der Waals surface area contributed by atoms with Gasteiger partial charge in [0.25, 0.3) is 5.91 Å². The number of benzene rings is 2. The Morgan fingerprint density at radius 3 is 2.69 bits per heavy atom. The van der Waals surface area contributed by atoms with Crippen molar-refractivity contribution in [2.45, 2.75) is 39.0 Å². The summed E-state index contributed by atoms with van der Waals surface area (Å²) in [6.45, 7) is 4.15. The van der Waals surface area contributed by atoms with E-state index in [1.165, 1.54) is 11.1 Å². The van der Waals surface area contributed by atoms with Crippen LogP contribution in [-0.2, 0) is 22.6 Å². The van der Waals surface area contributed by atoms with E-state index in [1.54, 1.807) is 7.05 Å². The molecule has 0 aliphatic carbocycles. The molecule has 1 atom stereocenters. The van der Waals surface area contributed by atoms with E-state index in [-0.39, 0.29) is 12.0 Å². The van der Waals surface area contributed by atoms with Crippen molar-refractivity contribution in [1.29, 1.82) is 0 Å². The van der Waals surface area contributed by atoms with E-state index in [9.17, 15) is 4.79 Å². The van der Waals surface area contributed by atoms with Crippen LogP contribution in [0.5, 0.6) is 0 Å². The average Bonchev–Trinajstić information content (AvgIpc) is 3.26. The monoisotopic (exact) mass is 394 g/mol. The first-order valence-electron chi connectivity index (χ1n) is 10.0. The molecule has 6 nitrogen and oxygen atoms in total. The molecule has 1 unspecified atom stereocenters. The number of rotatable bonds is 6. The number of nitrogens with one attached hydrogen (secondary N) is 2. The number of ether oxygens (including phenoxy) is 1. The third-order valence-corrected chi connectivity index (χ3v) is 4.98. The molecule has 0 spiro atoms. The summed E-state index contributed by atoms with van der Waals surface area (Å²) < 4.78 is 5.45. The Hall–Kier alpha value is -2.86. The minimum atomic E-state index is -0.328. The lowest BCUT2D eigenvalue weighted by Gasteiger charge is -2.22. The van der Waals surface area contributed by atoms with Gasteiger partial charge in [0, 0.05) is 39.5 Å². The summed E-state index contributed by atoms with van der Waals surface area (Å²) >= 11 is 0. The van der Waals surface area contributed by atoms with Gasteiger partial charge in [0.2, 0.25) is 0 Å². The molecule has 1 saturated heterocycles. The van der Waals surface area contributed by atoms with Crippen LogP contribution in [0.25, 0.3) is 0 Å². The SMILES string of the molecule is CN=C(NCc1cccc(NC(=O)C2CCCO2)c1)N(C)Cc1ccc(C)cc1. The van der Waals surface area contributed by atoms with Crippen molar-refractivity contribution in [2.24, 2.45) is 4.99 Å². The molecule has 6 heteroatoms. The normalized spacial score (nSPS) is 16.5. The minimum Gasteiger partial charge on any atom is -0.368 e. The molecule has 0 bridgehead atoms. The van der Waals surface area contributed by atoms with Crippen molar-refractivity contribution >= 4 is 17.6 Å². The molecule has 2 aromatic rings. The zero-order chi connectivity index (χ0) is 20.6. The molecular weight excluding hydrogens is 364 g/mol. The molecular formula is C23H30N4O2. The maximum absolute atomic E-state index is 12.2. The number of hydrogen-bond donors (Lipinski definition) is 2. The zero-order valence-electron chi connectivity index (χ0n) is 17.4. The van der Waals surface area contributed by atoms with Gasteiger partial charge in [-0.1, -0.05) is 42.0 Å². The topological polar surface area (TPSA) is 66.0 Å². The molecule has 1 aliphatic rings. The fraction of sp³-hybridized carbons (Fsp3) is 0.391. The fourth-order valence-corrected chi connectivity index (χ4v) is 3.37. The molecule has 2 aromatic carbocycles. The van der Waals surface area contributed by atoms with E-state index in [4.69, 9.17) is 4.74 Å². The molecule has 0 saturated carbocycles. The van der Waals surface area contributed by atoms with Gasteiger partial charge < -0.3 is 20.3 Å². The summed E-state index contributed by atoms with van der Waals surface area (Å²) in [4.78, 5) is 18.7. The van der Waals surface area contributed by atoms with Crippen LogP contribution in [0.4, 0.5) is 5.69 Å². The molecule has 2 N–H and O–H groups in total. The van der Waals surface area contributed by atoms with Crippen LogP contribution in [0.15, 0.2) is 53.5 Å². The number of carbonyl (C=O) groups is 1. The van der Waals surface area contributed by atoms with Crippen LogP contribution < -0.4 is 10.6 Å². The van der Waals surface area contributed by atoms with Gasteiger partial charge in [-0.15, -0.1) is 0 Å². The van der Waals surface area contributed by atoms with Crippen LogP contribution in [-0.4, -0.2) is 43.6 Å². The predicted octanol–water partition coefficient (Wildman–Crippen LogP) is 3.32. The second kappa shape index (κ2) is 10.1. The molecule has 1 amide bonds. The van der Waals surface area contributed by atoms with Crippen LogP contribution in [0.1, 0.15) is 29.5 Å². The summed E-state index contributed by atoms with van der Waals surface area (Å²) in [7, 11) is 3.81. The summed E-state index contributed by atoms with van der Waals surface area (Å²) in [6.07, 6.45) is 1.40. The fourth-order valence-electron chi connectivity index (χ4n) is 3.37. The summed E-state index contributed by atoms with van der Waals surface area (Å²) in [5, 5.41) is 6.34. The highest BCUT2D eigenvalue weighted by atomic mass is 16.5. The third-order valence-electron chi connectivity index (χ3n) is 4.98. The maximum atomic E-state index is 12.2. The van der Waals surface area contributed by atoms with E-state index < -0.39 is 0 Å². The average molecular weight is 395 g/mol. The van der Waals surface area contributed by atoms with E-state index >= 15 is 0 Å². The van der Waals surface area contributed by atoms with Crippen molar-refractivity contribution in [3.63, 3.8) is 0 Å². The molecule has 1 fully saturated rings. The lowest BCUT2D eigenvalue weighted by molar-refractivity contribution is -0.124. The van der Waals surface area contributed by atoms with Crippen LogP contribution in [0.3, 0.4) is 0 Å². The minimum absolute atomic E-state index is 0.0683. The Morgan fingerprint density at radius 1 is 1.21 bits per heavy atom. The Morgan fingerprint density at radius 2 is 2.00 bits per heavy atom. The van der Waals surface area contributed by atoms with Crippen LogP contribution >= 0.6 is 0 Å². The highest BCUT2D eigenvalue weighted by Crippen LogP contribution is 2.16. The number of carbonyl (C=O) groups excluding carboxylic acids is 1. The number of nitrogens with zero attached hydrogens (tertiary/aromatic N) is 2. The maximum Gasteiger partial charge on any atom is 0.253 e. The van der Waals surface area contributed by atoms with E-state index in [0.717, 1.165) is 36.6 Å². The van der Waals surface area contributed by atoms with E-state index in [2.05, 4.69) is 51.7 Å². The van der Waals surface area contributed by atoms with E-state index in [1.807, 2.05) is 31.3 Å². The Labute approximate surface area is 173 Å². The molecule has 3 rings (SSSR count). The first-order chi connectivity index (χ1) is 14.0. The van der Waals surface area contributed by atoms with Gasteiger partial charge in [0.15, 0.2) is 5.96 Å². The molecule has 1 heterocycles. The van der Waals surface area contributed by atoms with Gasteiger partial charge in [0.1, 0.15) is 6.10 Å². The summed E-state index contributed by atoms with van der Waals surface area (Å²) in [5.74, 6) is 0.751. The standard InChI is InChI=1S/C23H30N4O2/c1-17-9-11-18(12-10-17)16-27(3)23(24-2)25-15-19-6-4-7-20(14-19)26-22(28)21-8-5-13-29-21/h4,6-7,9-12,14,21H,5,8,13,15-16H2,1-3H3,(H,24,25)(H,26,28). The van der Waals surface area contributed by atoms with Gasteiger partial charge >= 0.3 is 0 Å². The van der Waals surface area contributed by atoms with Gasteiger partial charge in [0.05, 0.1) is 0 Å². The van der Waals surface area contributed by atoms with Gasteiger partial charge in [-0.3, -0.25) is 9.79 Å². The second-order valence-electron chi connectivity index (χ2n) is 7.43. The van der Waals surface area contributed by atoms with E-state index in [0.29, 0.717) is 13.2 Å². The van der Waals surface area contributed by atoms with Gasteiger partial charge in [-0.25, -0.2) is 0 Å². The van der Waals surface area contributed by atoms with Crippen molar-refractivity contribution in [3.05, 3.63) is 65.2 Å². The predicted molar refractivity (Wildman–Crippen MR) is 117 cm³/mol. The number of aryl methyl sites for hydroxylation is 1. The molecule has 0 aromatic heterocycles. The highest BCUT2D eigenvalue weighted by molar-refractivity contribution is 5.94. The molecule has 1 aliphatic heterocycles. The lowest BCUT2D eigenvalue weighted by atomic mass is 10.1. The molecule has 154 valence electrons. The zero-order valence-corrected chi connectivity index (χ0v) is 17.4. The Balaban J connectivity index is 1.54. The lowest BCUT2D eigenvalue weighted by Crippen LogP contribution is -2.38. The van der Waals surface area contributed by atoms with Crippen molar-refractivity contribution < 1.29 is 9.53 Å². The smallest absolute Gasteiger partial charge is 0.253 e. The Bertz CT molecular complexity index is 842. The van der Waals surface area contributed by atoms with Gasteiger partial charge in [-0.05, 0) is 43.0 Å². The summed E-state index contributed by atoms with van der Waals surface area (Å²) in [6, 6.07) is 16.4. The van der Waals surface area contributed by atoms with Crippen LogP contribution in [0, 0.1) is 6.92 Å². The number of amides is 1. The largest absolute Gasteiger partial charge is 0.368 e. The third kappa shape index (κ3) is 6.06. The quantitative estimate of drug-likeness (QED) is 0.583. The second-order valence-corrected chi connectivity index (χ2v) is 7.43. The summed E-state index contributed by atoms with van der Waals surface area (Å²) in [5.41, 5.74) is 4.35. The van der Waals surface area contributed by atoms with Crippen molar-refractivity contribution in [1.82, 2.24) is 10.2 Å². The first kappa shape index (κ1) is 20.9. The van der Waals surface area contributed by atoms with Crippen molar-refractivity contribution in [3.8, 4) is 0 Å². The van der Waals surface area contributed by atoms with Gasteiger partial charge in [-0.2, -0.15) is 0 Å². The molecule has 0 radical (unpaired) electrons. The number of anilines is 1. The molecule has 29 heavy (non-hydrogen) atoms. The van der Waals surface area contributed by atoms with Crippen molar-refractivity contribution in [2.75, 3.05) is 26.0 Å². The number of guanidine groups is 1. The highest BCUT2D eigenvalue weighted by Gasteiger charge is 2.23.